The second-order valence-electron chi connectivity index (χ2n) is 8.00. The minimum atomic E-state index is -1.50. The number of nitrogens with zero attached hydrogens (tertiary/aromatic N) is 4. The number of carboxylic acids is 1. The van der Waals surface area contributed by atoms with Crippen LogP contribution in [0.4, 0.5) is 5.69 Å². The van der Waals surface area contributed by atoms with Gasteiger partial charge in [-0.05, 0) is 47.5 Å². The van der Waals surface area contributed by atoms with Crippen molar-refractivity contribution in [3.63, 3.8) is 0 Å². The van der Waals surface area contributed by atoms with Crippen molar-refractivity contribution in [2.24, 2.45) is 0 Å². The third-order valence-electron chi connectivity index (χ3n) is 5.62. The Morgan fingerprint density at radius 1 is 0.921 bits per heavy atom. The van der Waals surface area contributed by atoms with Crippen molar-refractivity contribution in [3.8, 4) is 17.2 Å². The molecule has 0 aliphatic heterocycles. The number of aromatic nitrogens is 3. The number of carbonyl (C=O) groups is 2. The molecule has 0 spiro atoms. The van der Waals surface area contributed by atoms with Crippen LogP contribution in [0.3, 0.4) is 0 Å². The number of carbonyl (C=O) groups excluding carboxylic acids is 1. The third-order valence-corrected chi connectivity index (χ3v) is 5.62. The molecule has 0 saturated heterocycles. The summed E-state index contributed by atoms with van der Waals surface area (Å²) in [6, 6.07) is 17.6. The van der Waals surface area contributed by atoms with E-state index in [0.717, 1.165) is 16.3 Å². The summed E-state index contributed by atoms with van der Waals surface area (Å²) in [6.07, 6.45) is 0. The number of rotatable bonds is 11. The van der Waals surface area contributed by atoms with Gasteiger partial charge in [0, 0.05) is 6.07 Å². The molecule has 0 radical (unpaired) electrons. The van der Waals surface area contributed by atoms with Crippen LogP contribution in [0, 0.1) is 10.1 Å². The molecule has 38 heavy (non-hydrogen) atoms. The van der Waals surface area contributed by atoms with Gasteiger partial charge in [-0.15, -0.1) is 5.10 Å². The Kier molecular flexibility index (Phi) is 7.61. The SMILES string of the molecule is COc1ccc(COc2ccc([N+](=O)[O-])c(C(=O)c3c(C(=O)O)nnn3Cc3ccc(OC)cc3)c2)cc1. The molecule has 0 fully saturated rings. The molecule has 0 aliphatic rings. The third kappa shape index (κ3) is 5.59. The largest absolute Gasteiger partial charge is 0.497 e. The Hall–Kier alpha value is -5.26. The molecule has 1 N–H and O–H groups in total. The summed E-state index contributed by atoms with van der Waals surface area (Å²) in [6.45, 7) is 0.111. The molecule has 4 aromatic rings. The lowest BCUT2D eigenvalue weighted by molar-refractivity contribution is -0.385. The molecular formula is C26H22N4O8. The van der Waals surface area contributed by atoms with Crippen LogP contribution in [-0.2, 0) is 13.2 Å². The maximum Gasteiger partial charge on any atom is 0.358 e. The molecule has 1 aromatic heterocycles. The maximum atomic E-state index is 13.6. The van der Waals surface area contributed by atoms with E-state index in [1.807, 2.05) is 0 Å². The highest BCUT2D eigenvalue weighted by molar-refractivity contribution is 6.14. The van der Waals surface area contributed by atoms with Gasteiger partial charge in [0.05, 0.1) is 25.7 Å². The zero-order chi connectivity index (χ0) is 27.2. The number of carboxylic acid groups (broad SMARTS) is 1. The molecule has 0 saturated carbocycles. The average Bonchev–Trinajstić information content (AvgIpc) is 3.35. The molecule has 0 bridgehead atoms. The summed E-state index contributed by atoms with van der Waals surface area (Å²) < 4.78 is 17.1. The molecule has 3 aromatic carbocycles. The minimum absolute atomic E-state index is 0.00714. The maximum absolute atomic E-state index is 13.6. The number of hydrogen-bond acceptors (Lipinski definition) is 9. The number of nitro benzene ring substituents is 1. The first-order valence-corrected chi connectivity index (χ1v) is 11.2. The van der Waals surface area contributed by atoms with Crippen LogP contribution in [0.25, 0.3) is 0 Å². The van der Waals surface area contributed by atoms with Gasteiger partial charge in [0.25, 0.3) is 5.69 Å². The summed E-state index contributed by atoms with van der Waals surface area (Å²) in [4.78, 5) is 36.5. The lowest BCUT2D eigenvalue weighted by Gasteiger charge is -2.11. The highest BCUT2D eigenvalue weighted by Gasteiger charge is 2.31. The highest BCUT2D eigenvalue weighted by Crippen LogP contribution is 2.28. The fourth-order valence-corrected chi connectivity index (χ4v) is 3.66. The van der Waals surface area contributed by atoms with Crippen molar-refractivity contribution in [2.45, 2.75) is 13.2 Å². The molecule has 12 nitrogen and oxygen atoms in total. The Balaban J connectivity index is 1.68. The number of hydrogen-bond donors (Lipinski definition) is 1. The van der Waals surface area contributed by atoms with Gasteiger partial charge in [-0.25, -0.2) is 9.48 Å². The van der Waals surface area contributed by atoms with E-state index in [2.05, 4.69) is 10.3 Å². The summed E-state index contributed by atoms with van der Waals surface area (Å²) in [5, 5.41) is 28.8. The van der Waals surface area contributed by atoms with Crippen LogP contribution in [0.1, 0.15) is 37.7 Å². The van der Waals surface area contributed by atoms with Gasteiger partial charge in [0.15, 0.2) is 0 Å². The van der Waals surface area contributed by atoms with Gasteiger partial charge in [-0.2, -0.15) is 0 Å². The number of nitro groups is 1. The first-order chi connectivity index (χ1) is 18.3. The van der Waals surface area contributed by atoms with E-state index in [1.165, 1.54) is 19.2 Å². The van der Waals surface area contributed by atoms with Crippen LogP contribution in [0.15, 0.2) is 66.7 Å². The van der Waals surface area contributed by atoms with Crippen LogP contribution < -0.4 is 14.2 Å². The molecule has 12 heteroatoms. The first kappa shape index (κ1) is 25.8. The number of benzene rings is 3. The van der Waals surface area contributed by atoms with E-state index in [-0.39, 0.29) is 24.5 Å². The van der Waals surface area contributed by atoms with Gasteiger partial charge in [0.1, 0.15) is 35.1 Å². The number of methoxy groups -OCH3 is 2. The summed E-state index contributed by atoms with van der Waals surface area (Å²) >= 11 is 0. The predicted octanol–water partition coefficient (Wildman–Crippen LogP) is 3.76. The summed E-state index contributed by atoms with van der Waals surface area (Å²) in [7, 11) is 3.07. The Bertz CT molecular complexity index is 1480. The zero-order valence-corrected chi connectivity index (χ0v) is 20.4. The van der Waals surface area contributed by atoms with Crippen molar-refractivity contribution >= 4 is 17.4 Å². The molecular weight excluding hydrogens is 496 g/mol. The standard InChI is InChI=1S/C26H22N4O8/c1-36-18-7-3-16(4-8-18)14-29-24(23(26(32)33)27-28-29)25(31)21-13-20(11-12-22(21)30(34)35)38-15-17-5-9-19(37-2)10-6-17/h3-13H,14-15H2,1-2H3,(H,32,33). The monoisotopic (exact) mass is 518 g/mol. The van der Waals surface area contributed by atoms with E-state index in [9.17, 15) is 24.8 Å². The van der Waals surface area contributed by atoms with Crippen LogP contribution in [0.2, 0.25) is 0 Å². The first-order valence-electron chi connectivity index (χ1n) is 11.2. The van der Waals surface area contributed by atoms with Crippen LogP contribution in [0.5, 0.6) is 17.2 Å². The average molecular weight is 518 g/mol. The van der Waals surface area contributed by atoms with Gasteiger partial charge < -0.3 is 19.3 Å². The van der Waals surface area contributed by atoms with Gasteiger partial charge >= 0.3 is 5.97 Å². The van der Waals surface area contributed by atoms with Gasteiger partial charge in [0.2, 0.25) is 11.5 Å². The number of ether oxygens (including phenoxy) is 3. The smallest absolute Gasteiger partial charge is 0.358 e. The van der Waals surface area contributed by atoms with Gasteiger partial charge in [-0.3, -0.25) is 14.9 Å². The van der Waals surface area contributed by atoms with Crippen molar-refractivity contribution in [1.82, 2.24) is 15.0 Å². The van der Waals surface area contributed by atoms with Crippen molar-refractivity contribution in [3.05, 3.63) is 105 Å². The van der Waals surface area contributed by atoms with E-state index in [4.69, 9.17) is 14.2 Å². The molecule has 194 valence electrons. The Morgan fingerprint density at radius 3 is 2.05 bits per heavy atom. The van der Waals surface area contributed by atoms with Crippen molar-refractivity contribution in [2.75, 3.05) is 14.2 Å². The second-order valence-corrected chi connectivity index (χ2v) is 8.00. The predicted molar refractivity (Wildman–Crippen MR) is 133 cm³/mol. The fourth-order valence-electron chi connectivity index (χ4n) is 3.66. The lowest BCUT2D eigenvalue weighted by atomic mass is 10.0. The molecule has 0 aliphatic carbocycles. The lowest BCUT2D eigenvalue weighted by Crippen LogP contribution is -2.17. The summed E-state index contributed by atoms with van der Waals surface area (Å²) in [5.74, 6) is -0.963. The van der Waals surface area contributed by atoms with Crippen LogP contribution in [-0.4, -0.2) is 51.0 Å². The number of ketones is 1. The normalized spacial score (nSPS) is 10.6. The molecule has 1 heterocycles. The quantitative estimate of drug-likeness (QED) is 0.176. The Morgan fingerprint density at radius 2 is 1.50 bits per heavy atom. The molecule has 0 amide bonds. The highest BCUT2D eigenvalue weighted by atomic mass is 16.6. The molecule has 0 atom stereocenters. The van der Waals surface area contributed by atoms with Crippen LogP contribution >= 0.6 is 0 Å². The minimum Gasteiger partial charge on any atom is -0.497 e. The van der Waals surface area contributed by atoms with E-state index in [1.54, 1.807) is 55.6 Å². The van der Waals surface area contributed by atoms with Gasteiger partial charge in [-0.1, -0.05) is 29.5 Å². The van der Waals surface area contributed by atoms with E-state index in [0.29, 0.717) is 17.1 Å². The van der Waals surface area contributed by atoms with Crippen molar-refractivity contribution < 1.29 is 33.8 Å². The zero-order valence-electron chi connectivity index (χ0n) is 20.4. The van der Waals surface area contributed by atoms with E-state index < -0.39 is 33.8 Å². The Labute approximate surface area is 216 Å². The van der Waals surface area contributed by atoms with Crippen molar-refractivity contribution in [1.29, 1.82) is 0 Å². The molecule has 4 rings (SSSR count). The second kappa shape index (κ2) is 11.2. The fraction of sp³-hybridized carbons (Fsp3) is 0.154. The molecule has 0 unspecified atom stereocenters. The topological polar surface area (TPSA) is 156 Å². The number of aromatic carboxylic acids is 1. The van der Waals surface area contributed by atoms with E-state index >= 15 is 0 Å². The summed E-state index contributed by atoms with van der Waals surface area (Å²) in [5.41, 5.74) is -0.422.